The number of methoxy groups -OCH3 is 1. The summed E-state index contributed by atoms with van der Waals surface area (Å²) in [5.74, 6) is 1.08. The topological polar surface area (TPSA) is 98.1 Å². The lowest BCUT2D eigenvalue weighted by molar-refractivity contribution is -0.113. The summed E-state index contributed by atoms with van der Waals surface area (Å²) in [5, 5.41) is 14.7. The molecule has 32 heavy (non-hydrogen) atoms. The summed E-state index contributed by atoms with van der Waals surface area (Å²) < 4.78 is 6.94. The molecule has 2 amide bonds. The molecule has 1 heterocycles. The number of para-hydroxylation sites is 1. The van der Waals surface area contributed by atoms with Gasteiger partial charge in [0.05, 0.1) is 19.4 Å². The highest BCUT2D eigenvalue weighted by Crippen LogP contribution is 2.19. The average molecular weight is 452 g/mol. The Morgan fingerprint density at radius 1 is 1.16 bits per heavy atom. The van der Waals surface area contributed by atoms with Crippen molar-refractivity contribution in [1.82, 2.24) is 20.1 Å². The lowest BCUT2D eigenvalue weighted by Gasteiger charge is -2.10. The maximum Gasteiger partial charge on any atom is 0.251 e. The summed E-state index contributed by atoms with van der Waals surface area (Å²) in [4.78, 5) is 24.8. The lowest BCUT2D eigenvalue weighted by Crippen LogP contribution is -2.24. The molecule has 0 aliphatic rings. The molecule has 1 aromatic heterocycles. The number of carbonyl (C=O) groups is 2. The molecule has 8 nitrogen and oxygen atoms in total. The molecule has 0 bridgehead atoms. The predicted molar refractivity (Wildman–Crippen MR) is 125 cm³/mol. The van der Waals surface area contributed by atoms with Crippen LogP contribution in [0.1, 0.15) is 21.7 Å². The molecule has 0 saturated carbocycles. The van der Waals surface area contributed by atoms with E-state index < -0.39 is 0 Å². The fraction of sp³-hybridized carbons (Fsp3) is 0.217. The molecule has 9 heteroatoms. The fourth-order valence-corrected chi connectivity index (χ4v) is 3.67. The average Bonchev–Trinajstić information content (AvgIpc) is 3.19. The summed E-state index contributed by atoms with van der Waals surface area (Å²) in [6.45, 7) is 6.37. The highest BCUT2D eigenvalue weighted by Gasteiger charge is 2.15. The number of thioether (sulfide) groups is 1. The van der Waals surface area contributed by atoms with E-state index >= 15 is 0 Å². The van der Waals surface area contributed by atoms with Gasteiger partial charge in [-0.05, 0) is 42.8 Å². The Labute approximate surface area is 191 Å². The first kappa shape index (κ1) is 23.1. The molecule has 0 fully saturated rings. The van der Waals surface area contributed by atoms with Crippen molar-refractivity contribution in [3.63, 3.8) is 0 Å². The second-order valence-electron chi connectivity index (χ2n) is 6.86. The van der Waals surface area contributed by atoms with E-state index in [4.69, 9.17) is 4.74 Å². The smallest absolute Gasteiger partial charge is 0.251 e. The summed E-state index contributed by atoms with van der Waals surface area (Å²) in [7, 11) is 1.57. The maximum atomic E-state index is 12.4. The van der Waals surface area contributed by atoms with Gasteiger partial charge in [-0.3, -0.25) is 9.59 Å². The van der Waals surface area contributed by atoms with Crippen LogP contribution in [0.4, 0.5) is 5.69 Å². The van der Waals surface area contributed by atoms with Crippen molar-refractivity contribution < 1.29 is 14.3 Å². The molecular formula is C23H25N5O3S. The van der Waals surface area contributed by atoms with Crippen molar-refractivity contribution in [1.29, 1.82) is 0 Å². The van der Waals surface area contributed by atoms with Gasteiger partial charge in [0.2, 0.25) is 5.91 Å². The van der Waals surface area contributed by atoms with E-state index in [2.05, 4.69) is 27.4 Å². The van der Waals surface area contributed by atoms with Gasteiger partial charge in [-0.1, -0.05) is 36.0 Å². The molecule has 0 unspecified atom stereocenters. The number of aromatic nitrogens is 3. The maximum absolute atomic E-state index is 12.4. The molecule has 0 aliphatic heterocycles. The van der Waals surface area contributed by atoms with Crippen LogP contribution in [0.3, 0.4) is 0 Å². The number of aryl methyl sites for hydroxylation is 1. The number of carbonyl (C=O) groups excluding carboxylic acids is 2. The van der Waals surface area contributed by atoms with E-state index in [1.54, 1.807) is 37.5 Å². The van der Waals surface area contributed by atoms with Gasteiger partial charge in [0.15, 0.2) is 11.0 Å². The van der Waals surface area contributed by atoms with Gasteiger partial charge < -0.3 is 19.9 Å². The van der Waals surface area contributed by atoms with Crippen molar-refractivity contribution in [2.45, 2.75) is 25.2 Å². The second kappa shape index (κ2) is 11.1. The standard InChI is InChI=1S/C23H25N5O3S/c1-4-13-28-20(14-24-22(30)17-9-11-18(31-3)12-10-17)26-27-23(28)32-15-21(29)25-19-8-6-5-7-16(19)2/h4-12H,1,13-15H2,2-3H3,(H,24,30)(H,25,29). The zero-order chi connectivity index (χ0) is 22.9. The number of anilines is 1. The number of amides is 2. The third-order valence-corrected chi connectivity index (χ3v) is 5.58. The fourth-order valence-electron chi connectivity index (χ4n) is 2.90. The number of nitrogens with one attached hydrogen (secondary N) is 2. The van der Waals surface area contributed by atoms with Gasteiger partial charge in [-0.2, -0.15) is 0 Å². The Balaban J connectivity index is 1.60. The van der Waals surface area contributed by atoms with Crippen LogP contribution in [-0.2, 0) is 17.9 Å². The summed E-state index contributed by atoms with van der Waals surface area (Å²) in [6.07, 6.45) is 1.72. The molecule has 3 rings (SSSR count). The van der Waals surface area contributed by atoms with E-state index in [0.29, 0.717) is 28.8 Å². The van der Waals surface area contributed by atoms with Crippen molar-refractivity contribution >= 4 is 29.3 Å². The highest BCUT2D eigenvalue weighted by molar-refractivity contribution is 7.99. The molecule has 166 valence electrons. The van der Waals surface area contributed by atoms with Gasteiger partial charge in [0.25, 0.3) is 5.91 Å². The van der Waals surface area contributed by atoms with Crippen molar-refractivity contribution in [2.75, 3.05) is 18.2 Å². The molecule has 3 aromatic rings. The van der Waals surface area contributed by atoms with E-state index in [1.165, 1.54) is 11.8 Å². The first-order valence-electron chi connectivity index (χ1n) is 9.95. The van der Waals surface area contributed by atoms with Gasteiger partial charge in [0, 0.05) is 17.8 Å². The molecule has 0 radical (unpaired) electrons. The third kappa shape index (κ3) is 5.98. The number of nitrogens with zero attached hydrogens (tertiary/aromatic N) is 3. The SMILES string of the molecule is C=CCn1c(CNC(=O)c2ccc(OC)cc2)nnc1SCC(=O)Nc1ccccc1C. The molecule has 0 saturated heterocycles. The van der Waals surface area contributed by atoms with Crippen LogP contribution in [0.15, 0.2) is 66.3 Å². The van der Waals surface area contributed by atoms with Crippen LogP contribution in [0.2, 0.25) is 0 Å². The summed E-state index contributed by atoms with van der Waals surface area (Å²) in [5.41, 5.74) is 2.30. The Kier molecular flexibility index (Phi) is 8.04. The normalized spacial score (nSPS) is 10.4. The first-order valence-corrected chi connectivity index (χ1v) is 10.9. The molecule has 2 aromatic carbocycles. The molecule has 2 N–H and O–H groups in total. The first-order chi connectivity index (χ1) is 15.5. The molecule has 0 aliphatic carbocycles. The Morgan fingerprint density at radius 2 is 1.91 bits per heavy atom. The second-order valence-corrected chi connectivity index (χ2v) is 7.80. The number of hydrogen-bond donors (Lipinski definition) is 2. The van der Waals surface area contributed by atoms with E-state index in [0.717, 1.165) is 11.3 Å². The zero-order valence-electron chi connectivity index (χ0n) is 18.0. The summed E-state index contributed by atoms with van der Waals surface area (Å²) in [6, 6.07) is 14.4. The Hall–Kier alpha value is -3.59. The number of hydrogen-bond acceptors (Lipinski definition) is 6. The van der Waals surface area contributed by atoms with Crippen molar-refractivity contribution in [2.24, 2.45) is 0 Å². The molecular weight excluding hydrogens is 426 g/mol. The molecule has 0 atom stereocenters. The monoisotopic (exact) mass is 451 g/mol. The van der Waals surface area contributed by atoms with Gasteiger partial charge >= 0.3 is 0 Å². The van der Waals surface area contributed by atoms with Crippen LogP contribution in [0.25, 0.3) is 0 Å². The number of rotatable bonds is 10. The number of benzene rings is 2. The van der Waals surface area contributed by atoms with Crippen LogP contribution < -0.4 is 15.4 Å². The van der Waals surface area contributed by atoms with Gasteiger partial charge in [-0.15, -0.1) is 16.8 Å². The lowest BCUT2D eigenvalue weighted by atomic mass is 10.2. The Bertz CT molecular complexity index is 1100. The minimum absolute atomic E-state index is 0.133. The van der Waals surface area contributed by atoms with E-state index in [1.807, 2.05) is 35.8 Å². The van der Waals surface area contributed by atoms with Gasteiger partial charge in [0.1, 0.15) is 5.75 Å². The largest absolute Gasteiger partial charge is 0.497 e. The third-order valence-electron chi connectivity index (χ3n) is 4.62. The van der Waals surface area contributed by atoms with Crippen LogP contribution in [0.5, 0.6) is 5.75 Å². The van der Waals surface area contributed by atoms with Crippen LogP contribution in [0, 0.1) is 6.92 Å². The Morgan fingerprint density at radius 3 is 2.59 bits per heavy atom. The quantitative estimate of drug-likeness (QED) is 0.362. The number of ether oxygens (including phenoxy) is 1. The minimum Gasteiger partial charge on any atom is -0.497 e. The van der Waals surface area contributed by atoms with E-state index in [9.17, 15) is 9.59 Å². The van der Waals surface area contributed by atoms with E-state index in [-0.39, 0.29) is 24.1 Å². The van der Waals surface area contributed by atoms with Crippen LogP contribution in [-0.4, -0.2) is 39.4 Å². The molecule has 0 spiro atoms. The highest BCUT2D eigenvalue weighted by atomic mass is 32.2. The predicted octanol–water partition coefficient (Wildman–Crippen LogP) is 3.44. The van der Waals surface area contributed by atoms with Gasteiger partial charge in [-0.25, -0.2) is 0 Å². The minimum atomic E-state index is -0.229. The summed E-state index contributed by atoms with van der Waals surface area (Å²) >= 11 is 1.28. The van der Waals surface area contributed by atoms with Crippen LogP contribution >= 0.6 is 11.8 Å². The van der Waals surface area contributed by atoms with Crippen molar-refractivity contribution in [3.8, 4) is 5.75 Å². The zero-order valence-corrected chi connectivity index (χ0v) is 18.8. The van der Waals surface area contributed by atoms with Crippen molar-refractivity contribution in [3.05, 3.63) is 78.1 Å². The number of allylic oxidation sites excluding steroid dienone is 1.